The van der Waals surface area contributed by atoms with E-state index in [2.05, 4.69) is 25.8 Å². The van der Waals surface area contributed by atoms with Crippen LogP contribution in [-0.4, -0.2) is 34.8 Å². The number of benzene rings is 1. The first-order valence-electron chi connectivity index (χ1n) is 6.00. The van der Waals surface area contributed by atoms with Gasteiger partial charge >= 0.3 is 0 Å². The van der Waals surface area contributed by atoms with E-state index >= 15 is 0 Å². The fraction of sp³-hybridized carbons (Fsp3) is 0.167. The number of rotatable bonds is 4. The molecule has 0 saturated carbocycles. The van der Waals surface area contributed by atoms with Crippen LogP contribution in [0.1, 0.15) is 10.5 Å². The molecular formula is C12H13N5O3S2. The Morgan fingerprint density at radius 2 is 2.00 bits per heavy atom. The van der Waals surface area contributed by atoms with Crippen LogP contribution in [-0.2, 0) is 0 Å². The Balaban J connectivity index is 1.90. The van der Waals surface area contributed by atoms with E-state index in [9.17, 15) is 4.79 Å². The number of hydrogen-bond acceptors (Lipinski definition) is 7. The molecule has 2 rings (SSSR count). The number of ether oxygens (including phenoxy) is 2. The van der Waals surface area contributed by atoms with Gasteiger partial charge < -0.3 is 14.8 Å². The van der Waals surface area contributed by atoms with Gasteiger partial charge in [-0.15, -0.1) is 5.10 Å². The summed E-state index contributed by atoms with van der Waals surface area (Å²) in [6.07, 6.45) is 0. The molecular weight excluding hydrogens is 326 g/mol. The van der Waals surface area contributed by atoms with E-state index in [1.807, 2.05) is 0 Å². The number of carbonyl (C=O) groups is 1. The van der Waals surface area contributed by atoms with Crippen LogP contribution in [0.4, 0.5) is 5.69 Å². The Hall–Kier alpha value is -2.46. The van der Waals surface area contributed by atoms with E-state index in [0.717, 1.165) is 11.5 Å². The van der Waals surface area contributed by atoms with Gasteiger partial charge in [0.15, 0.2) is 22.3 Å². The highest BCUT2D eigenvalue weighted by Crippen LogP contribution is 2.29. The van der Waals surface area contributed by atoms with Crippen molar-refractivity contribution in [2.45, 2.75) is 0 Å². The summed E-state index contributed by atoms with van der Waals surface area (Å²) in [4.78, 5) is 11.7. The number of nitrogens with zero attached hydrogens (tertiary/aromatic N) is 2. The van der Waals surface area contributed by atoms with Crippen molar-refractivity contribution in [3.8, 4) is 11.5 Å². The third-order valence-corrected chi connectivity index (χ3v) is 3.23. The number of nitrogens with one attached hydrogen (secondary N) is 3. The van der Waals surface area contributed by atoms with Crippen molar-refractivity contribution in [2.75, 3.05) is 19.5 Å². The molecule has 1 aromatic carbocycles. The molecule has 0 unspecified atom stereocenters. The molecule has 0 bridgehead atoms. The van der Waals surface area contributed by atoms with Gasteiger partial charge in [-0.1, -0.05) is 4.49 Å². The van der Waals surface area contributed by atoms with Gasteiger partial charge in [0.2, 0.25) is 0 Å². The summed E-state index contributed by atoms with van der Waals surface area (Å²) in [5.41, 5.74) is 5.88. The second-order valence-corrected chi connectivity index (χ2v) is 4.91. The van der Waals surface area contributed by atoms with E-state index in [0.29, 0.717) is 17.2 Å². The summed E-state index contributed by atoms with van der Waals surface area (Å²) < 4.78 is 13.9. The number of amides is 1. The summed E-state index contributed by atoms with van der Waals surface area (Å²) in [6.45, 7) is 0. The molecule has 0 aliphatic carbocycles. The summed E-state index contributed by atoms with van der Waals surface area (Å²) >= 11 is 6.17. The zero-order valence-corrected chi connectivity index (χ0v) is 13.4. The Morgan fingerprint density at radius 3 is 2.64 bits per heavy atom. The first-order valence-corrected chi connectivity index (χ1v) is 7.25. The van der Waals surface area contributed by atoms with Gasteiger partial charge in [-0.25, -0.2) is 0 Å². The van der Waals surface area contributed by atoms with Crippen LogP contribution in [0.15, 0.2) is 23.6 Å². The van der Waals surface area contributed by atoms with E-state index in [1.165, 1.54) is 5.38 Å². The molecule has 1 heterocycles. The number of anilines is 1. The predicted octanol–water partition coefficient (Wildman–Crippen LogP) is 1.19. The minimum atomic E-state index is -0.426. The van der Waals surface area contributed by atoms with Gasteiger partial charge in [0.25, 0.3) is 5.91 Å². The Labute approximate surface area is 136 Å². The Kier molecular flexibility index (Phi) is 5.44. The normalized spacial score (nSPS) is 9.73. The summed E-state index contributed by atoms with van der Waals surface area (Å²) in [5, 5.41) is 8.29. The van der Waals surface area contributed by atoms with Crippen LogP contribution in [0.3, 0.4) is 0 Å². The molecule has 22 heavy (non-hydrogen) atoms. The smallest absolute Gasteiger partial charge is 0.291 e. The van der Waals surface area contributed by atoms with Crippen LogP contribution in [0.25, 0.3) is 0 Å². The minimum absolute atomic E-state index is 0.212. The molecule has 116 valence electrons. The maximum Gasteiger partial charge on any atom is 0.291 e. The van der Waals surface area contributed by atoms with Crippen LogP contribution < -0.4 is 25.6 Å². The van der Waals surface area contributed by atoms with Crippen molar-refractivity contribution in [1.82, 2.24) is 20.4 Å². The quantitative estimate of drug-likeness (QED) is 0.564. The second kappa shape index (κ2) is 7.52. The summed E-state index contributed by atoms with van der Waals surface area (Å²) in [7, 11) is 3.10. The van der Waals surface area contributed by atoms with Crippen molar-refractivity contribution < 1.29 is 14.3 Å². The lowest BCUT2D eigenvalue weighted by Crippen LogP contribution is -2.43. The highest BCUT2D eigenvalue weighted by atomic mass is 32.1. The molecule has 0 aliphatic heterocycles. The predicted molar refractivity (Wildman–Crippen MR) is 86.3 cm³/mol. The van der Waals surface area contributed by atoms with E-state index < -0.39 is 5.91 Å². The third kappa shape index (κ3) is 4.02. The molecule has 0 radical (unpaired) electrons. The van der Waals surface area contributed by atoms with Crippen molar-refractivity contribution in [2.24, 2.45) is 0 Å². The van der Waals surface area contributed by atoms with Crippen LogP contribution >= 0.6 is 23.8 Å². The highest BCUT2D eigenvalue weighted by molar-refractivity contribution is 7.80. The molecule has 1 aromatic heterocycles. The number of hydrazine groups is 1. The van der Waals surface area contributed by atoms with Crippen molar-refractivity contribution >= 4 is 40.5 Å². The zero-order chi connectivity index (χ0) is 15.9. The first kappa shape index (κ1) is 15.9. The molecule has 2 aromatic rings. The van der Waals surface area contributed by atoms with Crippen molar-refractivity contribution in [3.05, 3.63) is 29.3 Å². The van der Waals surface area contributed by atoms with Crippen LogP contribution in [0, 0.1) is 0 Å². The lowest BCUT2D eigenvalue weighted by Gasteiger charge is -2.13. The van der Waals surface area contributed by atoms with Gasteiger partial charge in [-0.2, -0.15) is 0 Å². The molecule has 0 spiro atoms. The number of aromatic nitrogens is 2. The fourth-order valence-corrected chi connectivity index (χ4v) is 2.12. The average Bonchev–Trinajstić information content (AvgIpc) is 3.07. The number of carbonyl (C=O) groups excluding carboxylic acids is 1. The molecule has 0 atom stereocenters. The Morgan fingerprint density at radius 1 is 1.23 bits per heavy atom. The zero-order valence-electron chi connectivity index (χ0n) is 11.7. The third-order valence-electron chi connectivity index (χ3n) is 2.52. The minimum Gasteiger partial charge on any atom is -0.493 e. The lowest BCUT2D eigenvalue weighted by atomic mass is 10.3. The topological polar surface area (TPSA) is 97.4 Å². The van der Waals surface area contributed by atoms with Crippen molar-refractivity contribution in [3.63, 3.8) is 0 Å². The molecule has 8 nitrogen and oxygen atoms in total. The monoisotopic (exact) mass is 339 g/mol. The van der Waals surface area contributed by atoms with E-state index in [1.54, 1.807) is 32.4 Å². The van der Waals surface area contributed by atoms with Gasteiger partial charge in [0.05, 0.1) is 14.2 Å². The van der Waals surface area contributed by atoms with Gasteiger partial charge in [-0.3, -0.25) is 15.6 Å². The highest BCUT2D eigenvalue weighted by Gasteiger charge is 2.09. The number of methoxy groups -OCH3 is 2. The van der Waals surface area contributed by atoms with Crippen LogP contribution in [0.5, 0.6) is 11.5 Å². The van der Waals surface area contributed by atoms with Gasteiger partial charge in [-0.05, 0) is 35.9 Å². The molecule has 0 aliphatic rings. The second-order valence-electron chi connectivity index (χ2n) is 3.89. The van der Waals surface area contributed by atoms with E-state index in [-0.39, 0.29) is 10.8 Å². The lowest BCUT2D eigenvalue weighted by molar-refractivity contribution is 0.0939. The maximum absolute atomic E-state index is 11.7. The van der Waals surface area contributed by atoms with Gasteiger partial charge in [0.1, 0.15) is 0 Å². The SMILES string of the molecule is COc1ccc(NC(=S)NNC(=O)c2csnn2)cc1OC. The largest absolute Gasteiger partial charge is 0.493 e. The van der Waals surface area contributed by atoms with Gasteiger partial charge in [0, 0.05) is 17.1 Å². The standard InChI is InChI=1S/C12H13N5O3S2/c1-19-9-4-3-7(5-10(9)20-2)13-12(21)16-15-11(18)8-6-22-17-14-8/h3-6H,1-2H3,(H,15,18)(H2,13,16,21). The van der Waals surface area contributed by atoms with Crippen molar-refractivity contribution in [1.29, 1.82) is 0 Å². The average molecular weight is 339 g/mol. The molecule has 0 saturated heterocycles. The fourth-order valence-electron chi connectivity index (χ4n) is 1.52. The number of hydrogen-bond donors (Lipinski definition) is 3. The molecule has 3 N–H and O–H groups in total. The molecule has 1 amide bonds. The summed E-state index contributed by atoms with van der Waals surface area (Å²) in [6, 6.07) is 5.23. The molecule has 10 heteroatoms. The summed E-state index contributed by atoms with van der Waals surface area (Å²) in [5.74, 6) is 0.745. The molecule has 0 fully saturated rings. The number of thiocarbonyl (C=S) groups is 1. The van der Waals surface area contributed by atoms with Crippen LogP contribution in [0.2, 0.25) is 0 Å². The Bertz CT molecular complexity index is 663. The first-order chi connectivity index (χ1) is 10.6. The maximum atomic E-state index is 11.7. The van der Waals surface area contributed by atoms with E-state index in [4.69, 9.17) is 21.7 Å².